The first-order valence-electron chi connectivity index (χ1n) is 7.27. The molecule has 0 atom stereocenters. The zero-order valence-electron chi connectivity index (χ0n) is 15.2. The van der Waals surface area contributed by atoms with E-state index in [2.05, 4.69) is 65.8 Å². The van der Waals surface area contributed by atoms with Gasteiger partial charge in [-0.15, -0.1) is 0 Å². The van der Waals surface area contributed by atoms with Gasteiger partial charge in [0, 0.05) is 0 Å². The van der Waals surface area contributed by atoms with Crippen LogP contribution in [0.4, 0.5) is 0 Å². The summed E-state index contributed by atoms with van der Waals surface area (Å²) in [5.74, 6) is 0. The predicted molar refractivity (Wildman–Crippen MR) is 82.7 cm³/mol. The van der Waals surface area contributed by atoms with Crippen LogP contribution in [-0.4, -0.2) is 0 Å². The molecule has 19 heavy (non-hydrogen) atoms. The van der Waals surface area contributed by atoms with Gasteiger partial charge in [-0.2, -0.15) is 0 Å². The predicted octanol–water partition coefficient (Wildman–Crippen LogP) is 5.81. The van der Waals surface area contributed by atoms with Crippen LogP contribution >= 0.6 is 0 Å². The molecule has 2 aliphatic carbocycles. The number of hydrogen-bond donors (Lipinski definition) is 0. The van der Waals surface area contributed by atoms with E-state index in [0.717, 1.165) is 0 Å². The van der Waals surface area contributed by atoms with Crippen LogP contribution in [0.1, 0.15) is 57.2 Å². The van der Waals surface area contributed by atoms with E-state index >= 15 is 0 Å². The molecule has 0 saturated carbocycles. The Kier molecular flexibility index (Phi) is 4.14. The van der Waals surface area contributed by atoms with Crippen LogP contribution in [0, 0.1) is 10.8 Å². The molecule has 0 aromatic carbocycles. The maximum absolute atomic E-state index is 2.37. The first kappa shape index (κ1) is 15.1. The first-order chi connectivity index (χ1) is 8.69. The molecule has 0 aromatic heterocycles. The van der Waals surface area contributed by atoms with E-state index in [1.165, 1.54) is 12.8 Å². The molecule has 0 spiro atoms. The largest absolute Gasteiger partial charge is 1.00 e. The second-order valence-electron chi connectivity index (χ2n) is 7.62. The summed E-state index contributed by atoms with van der Waals surface area (Å²) >= 11 is -0.114. The number of hydrogen-bond acceptors (Lipinski definition) is 0. The third kappa shape index (κ3) is 3.41. The van der Waals surface area contributed by atoms with Crippen molar-refractivity contribution in [3.8, 4) is 0 Å². The summed E-state index contributed by atoms with van der Waals surface area (Å²) in [4.78, 5) is 0. The third-order valence-corrected chi connectivity index (χ3v) is 6.20. The summed E-state index contributed by atoms with van der Waals surface area (Å²) in [6.07, 6.45) is 11.9. The van der Waals surface area contributed by atoms with E-state index in [1.807, 2.05) is 0 Å². The quantitative estimate of drug-likeness (QED) is 0.563. The Morgan fingerprint density at radius 2 is 1.16 bits per heavy atom. The van der Waals surface area contributed by atoms with Gasteiger partial charge in [-0.05, 0) is 0 Å². The fraction of sp³-hybridized carbons (Fsp3) is 0.556. The van der Waals surface area contributed by atoms with Gasteiger partial charge >= 0.3 is 128 Å². The number of rotatable bonds is 2. The van der Waals surface area contributed by atoms with Gasteiger partial charge in [0.15, 0.2) is 0 Å². The van der Waals surface area contributed by atoms with Crippen LogP contribution in [0.2, 0.25) is 0 Å². The molecular formula is C18H28Ti-2. The molecule has 0 radical (unpaired) electrons. The molecular weight excluding hydrogens is 264 g/mol. The molecule has 0 unspecified atom stereocenters. The third-order valence-electron chi connectivity index (χ3n) is 3.78. The molecule has 0 saturated heterocycles. The van der Waals surface area contributed by atoms with Crippen molar-refractivity contribution in [3.63, 3.8) is 0 Å². The Hall–Kier alpha value is -0.326. The van der Waals surface area contributed by atoms with E-state index in [9.17, 15) is 0 Å². The average molecular weight is 292 g/mol. The van der Waals surface area contributed by atoms with Gasteiger partial charge < -0.3 is 2.85 Å². The van der Waals surface area contributed by atoms with Crippen molar-refractivity contribution in [2.45, 2.75) is 54.4 Å². The SMILES string of the molecule is CC(C)(C)C1=[C]([Ti][C]2=C(C(C)(C)C)C=CC2)CC=C1.[H-].[H-]. The van der Waals surface area contributed by atoms with Gasteiger partial charge in [-0.1, -0.05) is 0 Å². The van der Waals surface area contributed by atoms with Crippen molar-refractivity contribution >= 4 is 0 Å². The maximum atomic E-state index is 2.37. The number of allylic oxidation sites excluding steroid dienone is 8. The summed E-state index contributed by atoms with van der Waals surface area (Å²) in [5, 5.41) is 0. The molecule has 2 rings (SSSR count). The molecule has 0 aromatic rings. The second-order valence-corrected chi connectivity index (χ2v) is 9.90. The Morgan fingerprint density at radius 3 is 1.47 bits per heavy atom. The summed E-state index contributed by atoms with van der Waals surface area (Å²) < 4.78 is 3.51. The molecule has 0 N–H and O–H groups in total. The molecule has 0 amide bonds. The Balaban J connectivity index is 0.00000200. The van der Waals surface area contributed by atoms with Crippen LogP contribution in [0.25, 0.3) is 0 Å². The fourth-order valence-corrected chi connectivity index (χ4v) is 5.94. The molecule has 0 aliphatic heterocycles. The van der Waals surface area contributed by atoms with Crippen LogP contribution in [0.5, 0.6) is 0 Å². The zero-order valence-corrected chi connectivity index (χ0v) is 14.8. The van der Waals surface area contributed by atoms with Crippen molar-refractivity contribution in [3.05, 3.63) is 43.2 Å². The molecule has 1 heteroatoms. The van der Waals surface area contributed by atoms with Crippen LogP contribution in [0.3, 0.4) is 0 Å². The average Bonchev–Trinajstić information content (AvgIpc) is 2.83. The topological polar surface area (TPSA) is 0 Å². The smallest absolute Gasteiger partial charge is 1.00 e. The second kappa shape index (κ2) is 5.22. The first-order valence-corrected chi connectivity index (χ1v) is 8.83. The van der Waals surface area contributed by atoms with Gasteiger partial charge in [-0.3, -0.25) is 0 Å². The maximum Gasteiger partial charge on any atom is -1.00 e. The van der Waals surface area contributed by atoms with E-state index in [4.69, 9.17) is 0 Å². The van der Waals surface area contributed by atoms with Crippen LogP contribution < -0.4 is 0 Å². The minimum Gasteiger partial charge on any atom is -1.00 e. The van der Waals surface area contributed by atoms with E-state index < -0.39 is 0 Å². The van der Waals surface area contributed by atoms with Crippen molar-refractivity contribution in [1.82, 2.24) is 0 Å². The van der Waals surface area contributed by atoms with Gasteiger partial charge in [0.2, 0.25) is 0 Å². The Morgan fingerprint density at radius 1 is 0.789 bits per heavy atom. The van der Waals surface area contributed by atoms with Crippen LogP contribution in [0.15, 0.2) is 43.2 Å². The van der Waals surface area contributed by atoms with Gasteiger partial charge in [-0.25, -0.2) is 0 Å². The summed E-state index contributed by atoms with van der Waals surface area (Å²) in [6, 6.07) is 0. The van der Waals surface area contributed by atoms with E-state index in [1.54, 1.807) is 18.9 Å². The van der Waals surface area contributed by atoms with Crippen molar-refractivity contribution in [1.29, 1.82) is 0 Å². The Bertz CT molecular complexity index is 448. The van der Waals surface area contributed by atoms with E-state index in [0.29, 0.717) is 10.8 Å². The minimum absolute atomic E-state index is 0. The summed E-state index contributed by atoms with van der Waals surface area (Å²) in [6.45, 7) is 14.1. The molecule has 0 heterocycles. The van der Waals surface area contributed by atoms with Gasteiger partial charge in [0.1, 0.15) is 0 Å². The monoisotopic (exact) mass is 292 g/mol. The van der Waals surface area contributed by atoms with Gasteiger partial charge in [0.25, 0.3) is 0 Å². The van der Waals surface area contributed by atoms with Crippen LogP contribution in [-0.2, 0) is 19.2 Å². The summed E-state index contributed by atoms with van der Waals surface area (Å²) in [7, 11) is 0. The van der Waals surface area contributed by atoms with Crippen molar-refractivity contribution in [2.24, 2.45) is 10.8 Å². The van der Waals surface area contributed by atoms with Gasteiger partial charge in [0.05, 0.1) is 0 Å². The van der Waals surface area contributed by atoms with Crippen molar-refractivity contribution in [2.75, 3.05) is 0 Å². The fourth-order valence-electron chi connectivity index (χ4n) is 2.83. The Labute approximate surface area is 130 Å². The summed E-state index contributed by atoms with van der Waals surface area (Å²) in [5.41, 5.74) is 3.83. The molecule has 106 valence electrons. The molecule has 0 bridgehead atoms. The van der Waals surface area contributed by atoms with E-state index in [-0.39, 0.29) is 22.0 Å². The van der Waals surface area contributed by atoms with Crippen molar-refractivity contribution < 1.29 is 22.0 Å². The molecule has 2 aliphatic rings. The minimum atomic E-state index is -0.114. The zero-order chi connectivity index (χ0) is 14.3. The normalized spacial score (nSPS) is 19.9. The standard InChI is InChI=1S/2C9H13.Ti.2H/c2*1-9(2,3)8-6-4-5-7-8;;;/h2*4,6H,5H2,1-3H3;;;/q;;;2*-1. The molecule has 0 fully saturated rings. The molecule has 0 nitrogen and oxygen atoms in total.